The predicted octanol–water partition coefficient (Wildman–Crippen LogP) is 3.83. The fourth-order valence-electron chi connectivity index (χ4n) is 1.89. The van der Waals surface area contributed by atoms with Gasteiger partial charge in [0.05, 0.1) is 29.9 Å². The summed E-state index contributed by atoms with van der Waals surface area (Å²) in [5.74, 6) is -0.805. The molecule has 5 nitrogen and oxygen atoms in total. The van der Waals surface area contributed by atoms with Crippen molar-refractivity contribution < 1.29 is 14.3 Å². The highest BCUT2D eigenvalue weighted by atomic mass is 35.5. The zero-order chi connectivity index (χ0) is 16.8. The molecule has 2 aromatic carbocycles. The number of benzene rings is 2. The van der Waals surface area contributed by atoms with Gasteiger partial charge in [-0.15, -0.1) is 0 Å². The number of para-hydroxylation sites is 1. The van der Waals surface area contributed by atoms with Crippen LogP contribution in [0.3, 0.4) is 0 Å². The zero-order valence-corrected chi connectivity index (χ0v) is 13.7. The van der Waals surface area contributed by atoms with Gasteiger partial charge in [-0.2, -0.15) is 0 Å². The first-order valence-corrected chi connectivity index (χ1v) is 7.43. The first-order chi connectivity index (χ1) is 11.0. The average molecular weight is 353 g/mol. The molecule has 0 bridgehead atoms. The van der Waals surface area contributed by atoms with Gasteiger partial charge in [-0.1, -0.05) is 35.3 Å². The highest BCUT2D eigenvalue weighted by Gasteiger charge is 2.12. The van der Waals surface area contributed by atoms with Gasteiger partial charge in [-0.05, 0) is 30.3 Å². The summed E-state index contributed by atoms with van der Waals surface area (Å²) in [7, 11) is 1.30. The topological polar surface area (TPSA) is 67.4 Å². The molecule has 0 atom stereocenters. The standard InChI is InChI=1S/C16H14Cl2N2O3/c1-23-16(22)11-4-2-3-5-13(11)19-9-15(21)20-14-8-10(17)6-7-12(14)18/h2-8,19H,9H2,1H3,(H,20,21). The van der Waals surface area contributed by atoms with E-state index in [0.29, 0.717) is 27.0 Å². The molecule has 23 heavy (non-hydrogen) atoms. The molecule has 0 aliphatic rings. The minimum absolute atomic E-state index is 0.0448. The average Bonchev–Trinajstić information content (AvgIpc) is 2.56. The molecule has 0 aromatic heterocycles. The van der Waals surface area contributed by atoms with Crippen LogP contribution in [0.25, 0.3) is 0 Å². The number of rotatable bonds is 5. The Labute approximate surface area is 143 Å². The maximum atomic E-state index is 12.0. The number of halogens is 2. The van der Waals surface area contributed by atoms with Gasteiger partial charge >= 0.3 is 5.97 Å². The van der Waals surface area contributed by atoms with E-state index in [4.69, 9.17) is 27.9 Å². The first kappa shape index (κ1) is 17.1. The summed E-state index contributed by atoms with van der Waals surface area (Å²) in [6.45, 7) is -0.0448. The van der Waals surface area contributed by atoms with Gasteiger partial charge in [0.2, 0.25) is 5.91 Å². The van der Waals surface area contributed by atoms with Gasteiger partial charge in [0.1, 0.15) is 0 Å². The van der Waals surface area contributed by atoms with Crippen LogP contribution in [-0.4, -0.2) is 25.5 Å². The molecule has 0 aliphatic heterocycles. The number of esters is 1. The second-order valence-corrected chi connectivity index (χ2v) is 5.41. The number of methoxy groups -OCH3 is 1. The number of carbonyl (C=O) groups is 2. The molecule has 2 rings (SSSR count). The SMILES string of the molecule is COC(=O)c1ccccc1NCC(=O)Nc1cc(Cl)ccc1Cl. The number of hydrogen-bond donors (Lipinski definition) is 2. The van der Waals surface area contributed by atoms with E-state index < -0.39 is 5.97 Å². The van der Waals surface area contributed by atoms with Crippen molar-refractivity contribution in [2.45, 2.75) is 0 Å². The van der Waals surface area contributed by atoms with E-state index in [9.17, 15) is 9.59 Å². The lowest BCUT2D eigenvalue weighted by molar-refractivity contribution is -0.114. The monoisotopic (exact) mass is 352 g/mol. The number of nitrogens with one attached hydrogen (secondary N) is 2. The first-order valence-electron chi connectivity index (χ1n) is 6.67. The Morgan fingerprint density at radius 1 is 1.09 bits per heavy atom. The van der Waals surface area contributed by atoms with Gasteiger partial charge in [0.25, 0.3) is 0 Å². The van der Waals surface area contributed by atoms with Crippen molar-refractivity contribution in [1.29, 1.82) is 0 Å². The van der Waals surface area contributed by atoms with E-state index in [-0.39, 0.29) is 12.5 Å². The number of anilines is 2. The Morgan fingerprint density at radius 3 is 2.57 bits per heavy atom. The maximum Gasteiger partial charge on any atom is 0.339 e. The van der Waals surface area contributed by atoms with Gasteiger partial charge in [-0.25, -0.2) is 4.79 Å². The predicted molar refractivity (Wildman–Crippen MR) is 91.4 cm³/mol. The van der Waals surface area contributed by atoms with Crippen LogP contribution in [0.15, 0.2) is 42.5 Å². The third kappa shape index (κ3) is 4.61. The molecule has 0 spiro atoms. The Bertz CT molecular complexity index is 735. The van der Waals surface area contributed by atoms with Crippen LogP contribution < -0.4 is 10.6 Å². The molecule has 2 aromatic rings. The molecule has 0 aliphatic carbocycles. The molecule has 0 saturated heterocycles. The van der Waals surface area contributed by atoms with E-state index >= 15 is 0 Å². The van der Waals surface area contributed by atoms with Crippen molar-refractivity contribution in [1.82, 2.24) is 0 Å². The third-order valence-corrected chi connectivity index (χ3v) is 3.54. The van der Waals surface area contributed by atoms with E-state index in [1.807, 2.05) is 0 Å². The number of ether oxygens (including phenoxy) is 1. The minimum Gasteiger partial charge on any atom is -0.465 e. The molecular weight excluding hydrogens is 339 g/mol. The molecule has 7 heteroatoms. The fraction of sp³-hybridized carbons (Fsp3) is 0.125. The summed E-state index contributed by atoms with van der Waals surface area (Å²) in [5.41, 5.74) is 1.28. The molecule has 120 valence electrons. The van der Waals surface area contributed by atoms with Crippen molar-refractivity contribution in [2.24, 2.45) is 0 Å². The second kappa shape index (κ2) is 7.85. The van der Waals surface area contributed by atoms with Gasteiger partial charge < -0.3 is 15.4 Å². The Kier molecular flexibility index (Phi) is 5.84. The lowest BCUT2D eigenvalue weighted by Crippen LogP contribution is -2.22. The minimum atomic E-state index is -0.480. The van der Waals surface area contributed by atoms with Crippen molar-refractivity contribution in [3.63, 3.8) is 0 Å². The van der Waals surface area contributed by atoms with Gasteiger partial charge in [-0.3, -0.25) is 4.79 Å². The molecule has 0 unspecified atom stereocenters. The largest absolute Gasteiger partial charge is 0.465 e. The smallest absolute Gasteiger partial charge is 0.339 e. The van der Waals surface area contributed by atoms with Crippen LogP contribution in [-0.2, 0) is 9.53 Å². The summed E-state index contributed by atoms with van der Waals surface area (Å²) < 4.78 is 4.70. The highest BCUT2D eigenvalue weighted by Crippen LogP contribution is 2.25. The summed E-state index contributed by atoms with van der Waals surface area (Å²) in [4.78, 5) is 23.7. The van der Waals surface area contributed by atoms with Gasteiger partial charge in [0.15, 0.2) is 0 Å². The van der Waals surface area contributed by atoms with E-state index in [1.54, 1.807) is 42.5 Å². The zero-order valence-electron chi connectivity index (χ0n) is 12.2. The van der Waals surface area contributed by atoms with Crippen LogP contribution in [0.4, 0.5) is 11.4 Å². The van der Waals surface area contributed by atoms with Crippen molar-refractivity contribution >= 4 is 46.5 Å². The summed E-state index contributed by atoms with van der Waals surface area (Å²) >= 11 is 11.9. The Morgan fingerprint density at radius 2 is 1.83 bits per heavy atom. The molecule has 0 fully saturated rings. The summed E-state index contributed by atoms with van der Waals surface area (Å²) in [6.07, 6.45) is 0. The molecule has 2 N–H and O–H groups in total. The van der Waals surface area contributed by atoms with Crippen LogP contribution in [0.5, 0.6) is 0 Å². The molecule has 0 heterocycles. The van der Waals surface area contributed by atoms with Crippen LogP contribution in [0, 0.1) is 0 Å². The molecule has 0 saturated carbocycles. The van der Waals surface area contributed by atoms with Crippen LogP contribution in [0.2, 0.25) is 10.0 Å². The van der Waals surface area contributed by atoms with E-state index in [1.165, 1.54) is 7.11 Å². The van der Waals surface area contributed by atoms with Crippen molar-refractivity contribution in [3.05, 3.63) is 58.1 Å². The summed E-state index contributed by atoms with van der Waals surface area (Å²) in [5, 5.41) is 6.40. The van der Waals surface area contributed by atoms with E-state index in [2.05, 4.69) is 10.6 Å². The van der Waals surface area contributed by atoms with Crippen LogP contribution in [0.1, 0.15) is 10.4 Å². The normalized spacial score (nSPS) is 10.0. The van der Waals surface area contributed by atoms with E-state index in [0.717, 1.165) is 0 Å². The number of hydrogen-bond acceptors (Lipinski definition) is 4. The number of carbonyl (C=O) groups excluding carboxylic acids is 2. The van der Waals surface area contributed by atoms with Crippen molar-refractivity contribution in [3.8, 4) is 0 Å². The molecular formula is C16H14Cl2N2O3. The number of amides is 1. The lowest BCUT2D eigenvalue weighted by Gasteiger charge is -2.11. The lowest BCUT2D eigenvalue weighted by atomic mass is 10.2. The molecule has 0 radical (unpaired) electrons. The quantitative estimate of drug-likeness (QED) is 0.802. The maximum absolute atomic E-state index is 12.0. The Balaban J connectivity index is 2.02. The Hall–Kier alpha value is -2.24. The molecule has 1 amide bonds. The highest BCUT2D eigenvalue weighted by molar-refractivity contribution is 6.35. The third-order valence-electron chi connectivity index (χ3n) is 2.97. The fourth-order valence-corrected chi connectivity index (χ4v) is 2.23. The van der Waals surface area contributed by atoms with Gasteiger partial charge in [0, 0.05) is 10.7 Å². The van der Waals surface area contributed by atoms with Crippen LogP contribution >= 0.6 is 23.2 Å². The second-order valence-electron chi connectivity index (χ2n) is 4.56. The van der Waals surface area contributed by atoms with Crippen molar-refractivity contribution in [2.75, 3.05) is 24.3 Å². The summed E-state index contributed by atoms with van der Waals surface area (Å²) in [6, 6.07) is 11.5.